The van der Waals surface area contributed by atoms with Gasteiger partial charge in [-0.1, -0.05) is 6.07 Å². The molecule has 4 aromatic rings. The molecule has 1 atom stereocenters. The highest BCUT2D eigenvalue weighted by Gasteiger charge is 2.22. The number of nitrogens with one attached hydrogen (secondary N) is 2. The van der Waals surface area contributed by atoms with E-state index in [1.165, 1.54) is 5.69 Å². The van der Waals surface area contributed by atoms with Gasteiger partial charge in [0.25, 0.3) is 0 Å². The van der Waals surface area contributed by atoms with Crippen LogP contribution in [0.5, 0.6) is 0 Å². The minimum atomic E-state index is 0.423. The third-order valence-corrected chi connectivity index (χ3v) is 7.80. The van der Waals surface area contributed by atoms with Gasteiger partial charge in [0.05, 0.1) is 15.9 Å². The molecular formula is C27H31BrN8. The van der Waals surface area contributed by atoms with E-state index in [1.807, 2.05) is 18.5 Å². The Morgan fingerprint density at radius 2 is 1.86 bits per heavy atom. The molecule has 1 aromatic carbocycles. The number of likely N-dealkylation sites (tertiary alicyclic amines) is 1. The number of halogens is 1. The van der Waals surface area contributed by atoms with Gasteiger partial charge < -0.3 is 20.1 Å². The summed E-state index contributed by atoms with van der Waals surface area (Å²) in [6.07, 6.45) is 4.84. The maximum Gasteiger partial charge on any atom is 0.180 e. The van der Waals surface area contributed by atoms with Gasteiger partial charge >= 0.3 is 0 Å². The average Bonchev–Trinajstić information content (AvgIpc) is 3.53. The molecule has 0 amide bonds. The number of imidazole rings is 1. The molecule has 2 N–H and O–H groups in total. The third-order valence-electron chi connectivity index (χ3n) is 7.20. The van der Waals surface area contributed by atoms with Gasteiger partial charge in [0.2, 0.25) is 0 Å². The summed E-state index contributed by atoms with van der Waals surface area (Å²) in [5.74, 6) is 0.842. The van der Waals surface area contributed by atoms with Crippen molar-refractivity contribution in [3.05, 3.63) is 65.0 Å². The number of benzene rings is 1. The SMILES string of the molecule is CN1CCC(Nc2c(Br)cnc3nc(-c4ccc(N5CCN(Cc6ccccn6)CC5)cc4)[nH]c23)C1. The highest BCUT2D eigenvalue weighted by atomic mass is 79.9. The molecule has 8 nitrogen and oxygen atoms in total. The highest BCUT2D eigenvalue weighted by molar-refractivity contribution is 9.10. The summed E-state index contributed by atoms with van der Waals surface area (Å²) < 4.78 is 0.956. The first-order chi connectivity index (χ1) is 17.6. The summed E-state index contributed by atoms with van der Waals surface area (Å²) in [6, 6.07) is 15.3. The molecule has 0 spiro atoms. The third kappa shape index (κ3) is 4.96. The molecule has 5 heterocycles. The van der Waals surface area contributed by atoms with Crippen molar-refractivity contribution in [3.63, 3.8) is 0 Å². The second-order valence-corrected chi connectivity index (χ2v) is 10.6. The molecular weight excluding hydrogens is 516 g/mol. The molecule has 0 radical (unpaired) electrons. The van der Waals surface area contributed by atoms with Gasteiger partial charge in [-0.05, 0) is 72.3 Å². The number of aromatic amines is 1. The smallest absolute Gasteiger partial charge is 0.180 e. The number of likely N-dealkylation sites (N-methyl/N-ethyl adjacent to an activating group) is 1. The van der Waals surface area contributed by atoms with Gasteiger partial charge in [-0.15, -0.1) is 0 Å². The Morgan fingerprint density at radius 3 is 2.58 bits per heavy atom. The van der Waals surface area contributed by atoms with E-state index < -0.39 is 0 Å². The van der Waals surface area contributed by atoms with Crippen molar-refractivity contribution < 1.29 is 0 Å². The zero-order valence-corrected chi connectivity index (χ0v) is 22.1. The van der Waals surface area contributed by atoms with Crippen molar-refractivity contribution in [1.29, 1.82) is 0 Å². The summed E-state index contributed by atoms with van der Waals surface area (Å²) in [5.41, 5.74) is 6.17. The fourth-order valence-corrected chi connectivity index (χ4v) is 5.60. The Morgan fingerprint density at radius 1 is 1.03 bits per heavy atom. The van der Waals surface area contributed by atoms with Crippen LogP contribution in [-0.4, -0.2) is 82.1 Å². The van der Waals surface area contributed by atoms with Crippen LogP contribution in [0.15, 0.2) is 59.3 Å². The van der Waals surface area contributed by atoms with Crippen molar-refractivity contribution in [2.24, 2.45) is 0 Å². The maximum atomic E-state index is 4.80. The number of aromatic nitrogens is 4. The van der Waals surface area contributed by atoms with E-state index in [1.54, 1.807) is 0 Å². The second-order valence-electron chi connectivity index (χ2n) is 9.79. The number of nitrogens with zero attached hydrogens (tertiary/aromatic N) is 6. The number of hydrogen-bond acceptors (Lipinski definition) is 7. The van der Waals surface area contributed by atoms with Crippen LogP contribution in [0.2, 0.25) is 0 Å². The molecule has 0 bridgehead atoms. The average molecular weight is 548 g/mol. The second kappa shape index (κ2) is 10.2. The quantitative estimate of drug-likeness (QED) is 0.375. The van der Waals surface area contributed by atoms with Gasteiger partial charge in [0.15, 0.2) is 5.65 Å². The minimum absolute atomic E-state index is 0.423. The lowest BCUT2D eigenvalue weighted by molar-refractivity contribution is 0.247. The maximum absolute atomic E-state index is 4.80. The minimum Gasteiger partial charge on any atom is -0.378 e. The van der Waals surface area contributed by atoms with E-state index in [4.69, 9.17) is 4.98 Å². The first-order valence-corrected chi connectivity index (χ1v) is 13.4. The van der Waals surface area contributed by atoms with E-state index in [2.05, 4.69) is 94.3 Å². The number of hydrogen-bond donors (Lipinski definition) is 2. The van der Waals surface area contributed by atoms with E-state index in [9.17, 15) is 0 Å². The molecule has 2 aliphatic heterocycles. The van der Waals surface area contributed by atoms with Crippen molar-refractivity contribution >= 4 is 38.5 Å². The molecule has 2 saturated heterocycles. The Balaban J connectivity index is 1.14. The summed E-state index contributed by atoms with van der Waals surface area (Å²) >= 11 is 3.68. The fourth-order valence-electron chi connectivity index (χ4n) is 5.18. The van der Waals surface area contributed by atoms with Crippen LogP contribution in [0.3, 0.4) is 0 Å². The number of rotatable bonds is 6. The zero-order chi connectivity index (χ0) is 24.5. The van der Waals surface area contributed by atoms with E-state index in [0.29, 0.717) is 6.04 Å². The Kier molecular flexibility index (Phi) is 6.60. The highest BCUT2D eigenvalue weighted by Crippen LogP contribution is 2.32. The van der Waals surface area contributed by atoms with Crippen molar-refractivity contribution in [2.75, 3.05) is 56.5 Å². The zero-order valence-electron chi connectivity index (χ0n) is 20.5. The summed E-state index contributed by atoms with van der Waals surface area (Å²) in [7, 11) is 2.17. The number of pyridine rings is 2. The van der Waals surface area contributed by atoms with Crippen LogP contribution >= 0.6 is 15.9 Å². The Labute approximate surface area is 219 Å². The number of anilines is 2. The Hall–Kier alpha value is -3.01. The number of fused-ring (bicyclic) bond motifs is 1. The van der Waals surface area contributed by atoms with Crippen molar-refractivity contribution in [3.8, 4) is 11.4 Å². The van der Waals surface area contributed by atoms with Crippen LogP contribution in [0.1, 0.15) is 12.1 Å². The van der Waals surface area contributed by atoms with E-state index in [-0.39, 0.29) is 0 Å². The molecule has 6 rings (SSSR count). The predicted octanol–water partition coefficient (Wildman–Crippen LogP) is 4.22. The van der Waals surface area contributed by atoms with Gasteiger partial charge in [-0.25, -0.2) is 9.97 Å². The van der Waals surface area contributed by atoms with E-state index >= 15 is 0 Å². The molecule has 2 fully saturated rings. The fraction of sp³-hybridized carbons (Fsp3) is 0.370. The standard InChI is InChI=1S/C27H31BrN8/c1-34-11-9-21(17-34)31-24-23(28)16-30-27-25(24)32-26(33-27)19-5-7-22(8-6-19)36-14-12-35(13-15-36)18-20-4-2-3-10-29-20/h2-8,10,16,21H,9,11-15,17-18H2,1H3,(H2,30,31,32,33). The summed E-state index contributed by atoms with van der Waals surface area (Å²) in [5, 5.41) is 3.70. The molecule has 186 valence electrons. The Bertz CT molecular complexity index is 1320. The topological polar surface area (TPSA) is 76.2 Å². The van der Waals surface area contributed by atoms with Crippen molar-refractivity contribution in [1.82, 2.24) is 29.7 Å². The lowest BCUT2D eigenvalue weighted by atomic mass is 10.1. The molecule has 0 saturated carbocycles. The lowest BCUT2D eigenvalue weighted by Crippen LogP contribution is -2.46. The predicted molar refractivity (Wildman–Crippen MR) is 148 cm³/mol. The number of H-pyrrole nitrogens is 1. The first kappa shape index (κ1) is 23.4. The molecule has 9 heteroatoms. The van der Waals surface area contributed by atoms with Gasteiger partial charge in [0, 0.05) is 69.0 Å². The van der Waals surface area contributed by atoms with Crippen LogP contribution in [0.25, 0.3) is 22.6 Å². The first-order valence-electron chi connectivity index (χ1n) is 12.6. The lowest BCUT2D eigenvalue weighted by Gasteiger charge is -2.36. The van der Waals surface area contributed by atoms with Crippen LogP contribution < -0.4 is 10.2 Å². The summed E-state index contributed by atoms with van der Waals surface area (Å²) in [4.78, 5) is 24.6. The summed E-state index contributed by atoms with van der Waals surface area (Å²) in [6.45, 7) is 7.17. The van der Waals surface area contributed by atoms with Crippen molar-refractivity contribution in [2.45, 2.75) is 19.0 Å². The molecule has 2 aliphatic rings. The van der Waals surface area contributed by atoms with Crippen LogP contribution in [0.4, 0.5) is 11.4 Å². The molecule has 36 heavy (non-hydrogen) atoms. The molecule has 0 aliphatic carbocycles. The monoisotopic (exact) mass is 546 g/mol. The van der Waals surface area contributed by atoms with Gasteiger partial charge in [-0.3, -0.25) is 9.88 Å². The molecule has 1 unspecified atom stereocenters. The van der Waals surface area contributed by atoms with Gasteiger partial charge in [-0.2, -0.15) is 0 Å². The molecule has 3 aromatic heterocycles. The van der Waals surface area contributed by atoms with E-state index in [0.717, 1.165) is 90.6 Å². The number of piperazine rings is 1. The largest absolute Gasteiger partial charge is 0.378 e. The van der Waals surface area contributed by atoms with Crippen LogP contribution in [0, 0.1) is 0 Å². The normalized spacial score (nSPS) is 19.3. The van der Waals surface area contributed by atoms with Gasteiger partial charge in [0.1, 0.15) is 11.3 Å². The van der Waals surface area contributed by atoms with Crippen LogP contribution in [-0.2, 0) is 6.54 Å².